The van der Waals surface area contributed by atoms with E-state index in [2.05, 4.69) is 21.3 Å². The lowest BCUT2D eigenvalue weighted by molar-refractivity contribution is -0.137. The number of carbonyl (C=O) groups excluding carboxylic acids is 6. The summed E-state index contributed by atoms with van der Waals surface area (Å²) >= 11 is 0. The second-order valence-corrected chi connectivity index (χ2v) is 20.8. The highest BCUT2D eigenvalue weighted by Gasteiger charge is 2.40. The third-order valence-electron chi connectivity index (χ3n) is 10.8. The van der Waals surface area contributed by atoms with Gasteiger partial charge in [-0.1, -0.05) is 48.5 Å². The van der Waals surface area contributed by atoms with Gasteiger partial charge in [-0.05, 0) is 134 Å². The van der Waals surface area contributed by atoms with Crippen LogP contribution in [0.5, 0.6) is 0 Å². The zero-order valence-corrected chi connectivity index (χ0v) is 41.8. The first-order valence-electron chi connectivity index (χ1n) is 22.0. The topological polar surface area (TPSA) is 222 Å². The maximum Gasteiger partial charge on any atom is 0.313 e. The first kappa shape index (κ1) is 54.0. The second kappa shape index (κ2) is 23.9. The average molecular weight is 961 g/mol. The van der Waals surface area contributed by atoms with Gasteiger partial charge in [0.1, 0.15) is 0 Å². The molecular weight excluding hydrogens is 899 g/mol. The van der Waals surface area contributed by atoms with E-state index in [-0.39, 0.29) is 66.1 Å². The van der Waals surface area contributed by atoms with E-state index in [4.69, 9.17) is 18.5 Å². The van der Waals surface area contributed by atoms with Gasteiger partial charge in [0.25, 0.3) is 11.0 Å². The normalized spacial score (nSPS) is 14.4. The largest absolute Gasteiger partial charge is 0.374 e. The number of nitrogens with one attached hydrogen (secondary N) is 4. The van der Waals surface area contributed by atoms with Crippen LogP contribution in [0.2, 0.25) is 0 Å². The molecule has 0 fully saturated rings. The van der Waals surface area contributed by atoms with Crippen molar-refractivity contribution in [3.05, 3.63) is 117 Å². The molecule has 4 amide bonds. The van der Waals surface area contributed by atoms with Gasteiger partial charge in [-0.15, -0.1) is 0 Å². The van der Waals surface area contributed by atoms with Crippen LogP contribution in [0, 0.1) is 41.5 Å². The van der Waals surface area contributed by atoms with Crippen molar-refractivity contribution in [2.45, 2.75) is 94.4 Å². The van der Waals surface area contributed by atoms with E-state index in [1.807, 2.05) is 0 Å². The Labute approximate surface area is 392 Å². The smallest absolute Gasteiger partial charge is 0.313 e. The van der Waals surface area contributed by atoms with Crippen LogP contribution in [0.15, 0.2) is 72.8 Å². The summed E-state index contributed by atoms with van der Waals surface area (Å²) in [5.74, 6) is -3.84. The Morgan fingerprint density at radius 1 is 0.537 bits per heavy atom. The third-order valence-corrected chi connectivity index (χ3v) is 15.5. The van der Waals surface area contributed by atoms with Gasteiger partial charge in [-0.2, -0.15) is 0 Å². The fourth-order valence-corrected chi connectivity index (χ4v) is 11.7. The van der Waals surface area contributed by atoms with Gasteiger partial charge < -0.3 is 39.8 Å². The van der Waals surface area contributed by atoms with Gasteiger partial charge in [0.15, 0.2) is 0 Å². The van der Waals surface area contributed by atoms with E-state index >= 15 is 0 Å². The third kappa shape index (κ3) is 13.1. The van der Waals surface area contributed by atoms with E-state index in [1.54, 1.807) is 149 Å². The molecule has 0 heterocycles. The number of amides is 4. The van der Waals surface area contributed by atoms with Crippen LogP contribution < -0.4 is 31.9 Å². The lowest BCUT2D eigenvalue weighted by atomic mass is 9.98. The van der Waals surface area contributed by atoms with Gasteiger partial charge in [0, 0.05) is 45.7 Å². The lowest BCUT2D eigenvalue weighted by Gasteiger charge is -2.22. The Bertz CT molecular complexity index is 2590. The van der Waals surface area contributed by atoms with E-state index in [0.717, 1.165) is 0 Å². The predicted molar refractivity (Wildman–Crippen MR) is 259 cm³/mol. The molecule has 0 aliphatic heterocycles. The van der Waals surface area contributed by atoms with Crippen LogP contribution in [0.25, 0.3) is 0 Å². The number of carbonyl (C=O) groups is 6. The summed E-state index contributed by atoms with van der Waals surface area (Å²) in [6.45, 7) is 18.6. The summed E-state index contributed by atoms with van der Waals surface area (Å²) in [6, 6.07) is 19.2. The molecule has 18 heteroatoms. The molecular formula is C49H62N4O12P2. The zero-order chi connectivity index (χ0) is 49.8. The van der Waals surface area contributed by atoms with E-state index in [9.17, 15) is 37.9 Å². The van der Waals surface area contributed by atoms with Crippen molar-refractivity contribution in [3.8, 4) is 0 Å². The summed E-state index contributed by atoms with van der Waals surface area (Å²) in [6.07, 6.45) is -1.02. The van der Waals surface area contributed by atoms with Crippen LogP contribution in [0.3, 0.4) is 0 Å². The highest BCUT2D eigenvalue weighted by molar-refractivity contribution is 7.84. The molecule has 4 aromatic carbocycles. The Balaban J connectivity index is 1.27. The zero-order valence-electron chi connectivity index (χ0n) is 40.0. The van der Waals surface area contributed by atoms with Gasteiger partial charge in [-0.3, -0.25) is 37.9 Å². The summed E-state index contributed by atoms with van der Waals surface area (Å²) < 4.78 is 51.1. The monoisotopic (exact) mass is 960 g/mol. The van der Waals surface area contributed by atoms with Crippen LogP contribution in [-0.4, -0.2) is 85.9 Å². The SMILES string of the molecule is CCOP(=O)(C(=O)c1c(C)cc(C)c(NC(=O)C(=O)NCC(C)OCC(C)OCC(C)NC(=O)C(=O)Nc2c(C)cc(C)c(C(=O)P(=O)(OCC)c3ccccc3)c2C)c1C)c1ccccc1. The van der Waals surface area contributed by atoms with Crippen molar-refractivity contribution in [2.75, 3.05) is 43.6 Å². The standard InChI is InChI=1S/C49H62N4O12P2/c1-12-64-66(60,38-20-16-14-17-21-38)48(58)40-29(3)24-31(5)42(36(40)10)52-45(55)44(54)50-26-34(8)63-28-35(9)62-27-33(7)51-46(56)47(57)53-43-32(6)25-30(4)41(37(43)11)49(59)67(61,65-13-2)39-22-18-15-19-23-39/h14-25,33-35H,12-13,26-28H2,1-11H3,(H,50,54)(H,51,56)(H,52,55)(H,53,57). The summed E-state index contributed by atoms with van der Waals surface area (Å²) in [5, 5.41) is 10.9. The van der Waals surface area contributed by atoms with E-state index in [1.165, 1.54) is 0 Å². The van der Waals surface area contributed by atoms with Gasteiger partial charge >= 0.3 is 38.4 Å². The van der Waals surface area contributed by atoms with Crippen molar-refractivity contribution >= 4 is 71.4 Å². The molecule has 0 radical (unpaired) electrons. The van der Waals surface area contributed by atoms with Gasteiger partial charge in [-0.25, -0.2) is 0 Å². The lowest BCUT2D eigenvalue weighted by Crippen LogP contribution is -2.43. The molecule has 5 unspecified atom stereocenters. The first-order chi connectivity index (χ1) is 31.6. The molecule has 5 atom stereocenters. The molecule has 67 heavy (non-hydrogen) atoms. The van der Waals surface area contributed by atoms with Gasteiger partial charge in [0.2, 0.25) is 0 Å². The van der Waals surface area contributed by atoms with Crippen molar-refractivity contribution in [1.82, 2.24) is 10.6 Å². The molecule has 0 aliphatic rings. The van der Waals surface area contributed by atoms with Crippen LogP contribution in [-0.2, 0) is 46.8 Å². The average Bonchev–Trinajstić information content (AvgIpc) is 3.29. The number of rotatable bonds is 21. The number of benzene rings is 4. The number of aryl methyl sites for hydroxylation is 4. The summed E-state index contributed by atoms with van der Waals surface area (Å²) in [5.41, 5.74) is 2.26. The molecule has 0 aromatic heterocycles. The number of anilines is 2. The molecule has 0 spiro atoms. The number of ether oxygens (including phenoxy) is 2. The maximum absolute atomic E-state index is 14.1. The minimum Gasteiger partial charge on any atom is -0.374 e. The predicted octanol–water partition coefficient (Wildman–Crippen LogP) is 7.11. The van der Waals surface area contributed by atoms with Crippen molar-refractivity contribution < 1.29 is 56.4 Å². The highest BCUT2D eigenvalue weighted by Crippen LogP contribution is 2.52. The molecule has 0 saturated heterocycles. The first-order valence-corrected chi connectivity index (χ1v) is 25.2. The summed E-state index contributed by atoms with van der Waals surface area (Å²) in [7, 11) is -8.03. The molecule has 0 aliphatic carbocycles. The summed E-state index contributed by atoms with van der Waals surface area (Å²) in [4.78, 5) is 80.0. The minimum atomic E-state index is -4.02. The fraction of sp³-hybridized carbons (Fsp3) is 0.388. The Morgan fingerprint density at radius 3 is 1.36 bits per heavy atom. The van der Waals surface area contributed by atoms with E-state index < -0.39 is 67.7 Å². The molecule has 0 bridgehead atoms. The minimum absolute atomic E-state index is 0.0167. The van der Waals surface area contributed by atoms with Crippen LogP contribution >= 0.6 is 14.7 Å². The van der Waals surface area contributed by atoms with Crippen LogP contribution in [0.1, 0.15) is 88.7 Å². The second-order valence-electron chi connectivity index (χ2n) is 16.3. The maximum atomic E-state index is 14.1. The highest BCUT2D eigenvalue weighted by atomic mass is 31.2. The Kier molecular flexibility index (Phi) is 19.3. The molecule has 4 N–H and O–H groups in total. The van der Waals surface area contributed by atoms with Crippen molar-refractivity contribution in [1.29, 1.82) is 0 Å². The molecule has 0 saturated carbocycles. The number of hydrogen-bond donors (Lipinski definition) is 4. The van der Waals surface area contributed by atoms with Crippen molar-refractivity contribution in [2.24, 2.45) is 0 Å². The number of hydrogen-bond acceptors (Lipinski definition) is 12. The van der Waals surface area contributed by atoms with E-state index in [0.29, 0.717) is 33.4 Å². The molecule has 4 aromatic rings. The van der Waals surface area contributed by atoms with Crippen LogP contribution in [0.4, 0.5) is 11.4 Å². The van der Waals surface area contributed by atoms with Crippen molar-refractivity contribution in [3.63, 3.8) is 0 Å². The Hall–Kier alpha value is -5.60. The molecule has 16 nitrogen and oxygen atoms in total. The van der Waals surface area contributed by atoms with Gasteiger partial charge in [0.05, 0.1) is 38.6 Å². The molecule has 4 rings (SSSR count). The fourth-order valence-electron chi connectivity index (χ4n) is 7.53. The Morgan fingerprint density at radius 2 is 0.940 bits per heavy atom. The quantitative estimate of drug-likeness (QED) is 0.0485. The molecule has 360 valence electrons.